The molecule has 2 aromatic rings. The molecule has 3 heterocycles. The standard InChI is InChI=1S/C15H19N5O/c1-11-16-7-5-13(18-11)12-4-3-9-20(10-12)15-17-8-6-14(19-15)21-2/h5-8,12H,3-4,9-10H2,1-2H3/t12-/m0/s1. The monoisotopic (exact) mass is 285 g/mol. The van der Waals surface area contributed by atoms with E-state index < -0.39 is 0 Å². The summed E-state index contributed by atoms with van der Waals surface area (Å²) in [6.45, 7) is 3.77. The predicted molar refractivity (Wildman–Crippen MR) is 79.5 cm³/mol. The lowest BCUT2D eigenvalue weighted by Gasteiger charge is -2.32. The molecule has 1 fully saturated rings. The molecule has 1 saturated heterocycles. The molecule has 0 bridgehead atoms. The topological polar surface area (TPSA) is 64.0 Å². The maximum Gasteiger partial charge on any atom is 0.228 e. The molecule has 0 aromatic carbocycles. The lowest BCUT2D eigenvalue weighted by molar-refractivity contribution is 0.395. The smallest absolute Gasteiger partial charge is 0.228 e. The average molecular weight is 285 g/mol. The largest absolute Gasteiger partial charge is 0.481 e. The Morgan fingerprint density at radius 1 is 1.19 bits per heavy atom. The number of aromatic nitrogens is 4. The van der Waals surface area contributed by atoms with E-state index in [0.717, 1.165) is 43.4 Å². The van der Waals surface area contributed by atoms with Crippen LogP contribution in [0.25, 0.3) is 0 Å². The first-order chi connectivity index (χ1) is 10.3. The highest BCUT2D eigenvalue weighted by molar-refractivity contribution is 5.34. The molecule has 0 radical (unpaired) electrons. The zero-order chi connectivity index (χ0) is 14.7. The van der Waals surface area contributed by atoms with Crippen LogP contribution in [0.2, 0.25) is 0 Å². The van der Waals surface area contributed by atoms with Crippen molar-refractivity contribution in [2.24, 2.45) is 0 Å². The van der Waals surface area contributed by atoms with Gasteiger partial charge in [-0.15, -0.1) is 0 Å². The van der Waals surface area contributed by atoms with E-state index in [1.54, 1.807) is 19.4 Å². The highest BCUT2D eigenvalue weighted by Gasteiger charge is 2.24. The molecule has 0 spiro atoms. The van der Waals surface area contributed by atoms with Gasteiger partial charge in [-0.05, 0) is 25.8 Å². The summed E-state index contributed by atoms with van der Waals surface area (Å²) < 4.78 is 5.17. The van der Waals surface area contributed by atoms with E-state index in [4.69, 9.17) is 4.74 Å². The zero-order valence-electron chi connectivity index (χ0n) is 12.4. The van der Waals surface area contributed by atoms with Gasteiger partial charge >= 0.3 is 0 Å². The van der Waals surface area contributed by atoms with Gasteiger partial charge in [0, 0.05) is 43.2 Å². The minimum atomic E-state index is 0.398. The van der Waals surface area contributed by atoms with Gasteiger partial charge in [-0.2, -0.15) is 4.98 Å². The summed E-state index contributed by atoms with van der Waals surface area (Å²) in [5, 5.41) is 0. The van der Waals surface area contributed by atoms with Gasteiger partial charge in [0.25, 0.3) is 0 Å². The number of methoxy groups -OCH3 is 1. The minimum Gasteiger partial charge on any atom is -0.481 e. The SMILES string of the molecule is COc1ccnc(N2CCC[C@H](c3ccnc(C)n3)C2)n1. The highest BCUT2D eigenvalue weighted by Crippen LogP contribution is 2.27. The van der Waals surface area contributed by atoms with Crippen molar-refractivity contribution in [2.45, 2.75) is 25.7 Å². The van der Waals surface area contributed by atoms with Gasteiger partial charge in [-0.25, -0.2) is 15.0 Å². The van der Waals surface area contributed by atoms with Crippen LogP contribution < -0.4 is 9.64 Å². The lowest BCUT2D eigenvalue weighted by atomic mass is 9.95. The van der Waals surface area contributed by atoms with Gasteiger partial charge < -0.3 is 9.64 Å². The zero-order valence-corrected chi connectivity index (χ0v) is 12.4. The molecule has 0 amide bonds. The third kappa shape index (κ3) is 3.09. The first-order valence-electron chi connectivity index (χ1n) is 7.18. The molecule has 3 rings (SSSR count). The van der Waals surface area contributed by atoms with Crippen LogP contribution in [-0.4, -0.2) is 40.1 Å². The third-order valence-electron chi connectivity index (χ3n) is 3.75. The van der Waals surface area contributed by atoms with Gasteiger partial charge in [-0.3, -0.25) is 0 Å². The quantitative estimate of drug-likeness (QED) is 0.859. The van der Waals surface area contributed by atoms with Crippen LogP contribution in [0.5, 0.6) is 5.88 Å². The second-order valence-corrected chi connectivity index (χ2v) is 5.21. The van der Waals surface area contributed by atoms with Crippen molar-refractivity contribution >= 4 is 5.95 Å². The molecule has 1 aliphatic heterocycles. The molecule has 2 aromatic heterocycles. The van der Waals surface area contributed by atoms with Crippen LogP contribution in [0, 0.1) is 6.92 Å². The highest BCUT2D eigenvalue weighted by atomic mass is 16.5. The van der Waals surface area contributed by atoms with E-state index in [9.17, 15) is 0 Å². The second kappa shape index (κ2) is 6.03. The Morgan fingerprint density at radius 2 is 2.05 bits per heavy atom. The number of aryl methyl sites for hydroxylation is 1. The van der Waals surface area contributed by atoms with Crippen molar-refractivity contribution in [3.63, 3.8) is 0 Å². The van der Waals surface area contributed by atoms with E-state index in [1.165, 1.54) is 0 Å². The molecule has 0 aliphatic carbocycles. The third-order valence-corrected chi connectivity index (χ3v) is 3.75. The van der Waals surface area contributed by atoms with E-state index >= 15 is 0 Å². The molecule has 110 valence electrons. The van der Waals surface area contributed by atoms with Crippen molar-refractivity contribution in [2.75, 3.05) is 25.1 Å². The molecule has 0 saturated carbocycles. The predicted octanol–water partition coefficient (Wildman–Crippen LogP) is 1.97. The normalized spacial score (nSPS) is 18.6. The Balaban J connectivity index is 1.79. The number of ether oxygens (including phenoxy) is 1. The Labute approximate surface area is 124 Å². The first kappa shape index (κ1) is 13.7. The van der Waals surface area contributed by atoms with E-state index in [0.29, 0.717) is 11.8 Å². The number of rotatable bonds is 3. The van der Waals surface area contributed by atoms with Crippen molar-refractivity contribution in [1.29, 1.82) is 0 Å². The number of piperidine rings is 1. The van der Waals surface area contributed by atoms with Crippen LogP contribution in [0.4, 0.5) is 5.95 Å². The summed E-state index contributed by atoms with van der Waals surface area (Å²) in [6, 6.07) is 3.77. The van der Waals surface area contributed by atoms with Crippen molar-refractivity contribution in [1.82, 2.24) is 19.9 Å². The van der Waals surface area contributed by atoms with Crippen molar-refractivity contribution in [3.05, 3.63) is 36.0 Å². The molecule has 0 unspecified atom stereocenters. The minimum absolute atomic E-state index is 0.398. The summed E-state index contributed by atoms with van der Waals surface area (Å²) in [7, 11) is 1.62. The van der Waals surface area contributed by atoms with E-state index in [2.05, 4.69) is 24.8 Å². The van der Waals surface area contributed by atoms with Crippen LogP contribution in [0.1, 0.15) is 30.3 Å². The summed E-state index contributed by atoms with van der Waals surface area (Å²) in [5.74, 6) is 2.54. The van der Waals surface area contributed by atoms with Gasteiger partial charge in [0.2, 0.25) is 11.8 Å². The number of anilines is 1. The molecule has 21 heavy (non-hydrogen) atoms. The molecule has 1 atom stereocenters. The fourth-order valence-corrected chi connectivity index (χ4v) is 2.70. The van der Waals surface area contributed by atoms with Gasteiger partial charge in [0.15, 0.2) is 0 Å². The van der Waals surface area contributed by atoms with Crippen LogP contribution >= 0.6 is 0 Å². The fraction of sp³-hybridized carbons (Fsp3) is 0.467. The fourth-order valence-electron chi connectivity index (χ4n) is 2.70. The molecule has 6 nitrogen and oxygen atoms in total. The molecular formula is C15H19N5O. The van der Waals surface area contributed by atoms with Crippen molar-refractivity contribution < 1.29 is 4.74 Å². The summed E-state index contributed by atoms with van der Waals surface area (Å²) in [4.78, 5) is 19.7. The van der Waals surface area contributed by atoms with Crippen molar-refractivity contribution in [3.8, 4) is 5.88 Å². The van der Waals surface area contributed by atoms with Crippen LogP contribution in [-0.2, 0) is 0 Å². The maximum atomic E-state index is 5.17. The van der Waals surface area contributed by atoms with Crippen LogP contribution in [0.3, 0.4) is 0 Å². The Hall–Kier alpha value is -2.24. The summed E-state index contributed by atoms with van der Waals surface area (Å²) in [6.07, 6.45) is 5.81. The first-order valence-corrected chi connectivity index (χ1v) is 7.18. The summed E-state index contributed by atoms with van der Waals surface area (Å²) in [5.41, 5.74) is 1.11. The lowest BCUT2D eigenvalue weighted by Crippen LogP contribution is -2.35. The molecule has 6 heteroatoms. The van der Waals surface area contributed by atoms with E-state index in [1.807, 2.05) is 19.2 Å². The van der Waals surface area contributed by atoms with Crippen LogP contribution in [0.15, 0.2) is 24.5 Å². The van der Waals surface area contributed by atoms with Gasteiger partial charge in [-0.1, -0.05) is 0 Å². The maximum absolute atomic E-state index is 5.17. The molecule has 0 N–H and O–H groups in total. The Bertz CT molecular complexity index is 619. The molecule has 1 aliphatic rings. The second-order valence-electron chi connectivity index (χ2n) is 5.21. The Morgan fingerprint density at radius 3 is 2.86 bits per heavy atom. The van der Waals surface area contributed by atoms with E-state index in [-0.39, 0.29) is 0 Å². The average Bonchev–Trinajstić information content (AvgIpc) is 2.55. The number of hydrogen-bond donors (Lipinski definition) is 0. The molecular weight excluding hydrogens is 266 g/mol. The number of nitrogens with zero attached hydrogens (tertiary/aromatic N) is 5. The Kier molecular flexibility index (Phi) is 3.94. The van der Waals surface area contributed by atoms with Gasteiger partial charge in [0.1, 0.15) is 5.82 Å². The number of hydrogen-bond acceptors (Lipinski definition) is 6. The van der Waals surface area contributed by atoms with Gasteiger partial charge in [0.05, 0.1) is 7.11 Å². The summed E-state index contributed by atoms with van der Waals surface area (Å²) >= 11 is 0.